The molecule has 0 saturated carbocycles. The smallest absolute Gasteiger partial charge is 0.180 e. The van der Waals surface area contributed by atoms with Crippen molar-refractivity contribution in [1.82, 2.24) is 4.98 Å². The van der Waals surface area contributed by atoms with E-state index in [0.717, 1.165) is 22.1 Å². The van der Waals surface area contributed by atoms with E-state index in [2.05, 4.69) is 41.5 Å². The number of phenols is 1. The molecule has 5 nitrogen and oxygen atoms in total. The van der Waals surface area contributed by atoms with Crippen LogP contribution in [0.25, 0.3) is 10.9 Å². The molecule has 0 spiro atoms. The van der Waals surface area contributed by atoms with Crippen LogP contribution in [0.2, 0.25) is 0 Å². The first-order chi connectivity index (χ1) is 17.9. The van der Waals surface area contributed by atoms with Gasteiger partial charge in [-0.2, -0.15) is 0 Å². The predicted octanol–water partition coefficient (Wildman–Crippen LogP) is 7.28. The van der Waals surface area contributed by atoms with E-state index in [1.54, 1.807) is 30.3 Å². The van der Waals surface area contributed by atoms with Crippen molar-refractivity contribution >= 4 is 22.5 Å². The van der Waals surface area contributed by atoms with Gasteiger partial charge in [0.25, 0.3) is 0 Å². The van der Waals surface area contributed by atoms with Crippen LogP contribution in [0.3, 0.4) is 0 Å². The molecule has 0 amide bonds. The van der Waals surface area contributed by atoms with Crippen LogP contribution < -0.4 is 4.74 Å². The quantitative estimate of drug-likeness (QED) is 0.294. The van der Waals surface area contributed by atoms with Crippen molar-refractivity contribution in [2.45, 2.75) is 64.9 Å². The normalized spacial score (nSPS) is 14.3. The molecule has 0 aliphatic heterocycles. The Morgan fingerprint density at radius 1 is 0.789 bits per heavy atom. The van der Waals surface area contributed by atoms with Gasteiger partial charge in [-0.05, 0) is 51.8 Å². The summed E-state index contributed by atoms with van der Waals surface area (Å²) < 4.78 is 6.30. The van der Waals surface area contributed by atoms with E-state index in [9.17, 15) is 14.7 Å². The molecule has 38 heavy (non-hydrogen) atoms. The van der Waals surface area contributed by atoms with E-state index in [4.69, 9.17) is 9.72 Å². The lowest BCUT2D eigenvalue weighted by Gasteiger charge is -2.28. The third kappa shape index (κ3) is 4.47. The zero-order chi connectivity index (χ0) is 27.4. The Morgan fingerprint density at radius 2 is 1.37 bits per heavy atom. The summed E-state index contributed by atoms with van der Waals surface area (Å²) in [6.45, 7) is 12.8. The monoisotopic (exact) mass is 507 g/mol. The molecule has 3 aromatic carbocycles. The standard InChI is InChI=1S/C33H33NO4/c1-32(2,3)23-16-19(17-24(31(23)37)33(4,5)6)18-38-26-13-9-10-20-14-15-25(34-28(20)26)27-29(35)21-11-7-8-12-22(21)30(27)36/h7-17,27,37H,18H2,1-6H3. The number of rotatable bonds is 4. The van der Waals surface area contributed by atoms with E-state index in [1.807, 2.05) is 36.4 Å². The van der Waals surface area contributed by atoms with Gasteiger partial charge < -0.3 is 9.84 Å². The zero-order valence-electron chi connectivity index (χ0n) is 22.8. The maximum absolute atomic E-state index is 13.1. The minimum absolute atomic E-state index is 0.218. The van der Waals surface area contributed by atoms with Crippen molar-refractivity contribution in [3.05, 3.63) is 100 Å². The number of aromatic nitrogens is 1. The highest BCUT2D eigenvalue weighted by Crippen LogP contribution is 2.40. The first kappa shape index (κ1) is 25.7. The third-order valence-electron chi connectivity index (χ3n) is 7.16. The molecule has 194 valence electrons. The van der Waals surface area contributed by atoms with Crippen LogP contribution in [0.4, 0.5) is 0 Å². The van der Waals surface area contributed by atoms with E-state index in [-0.39, 0.29) is 29.0 Å². The molecule has 1 aliphatic carbocycles. The highest BCUT2D eigenvalue weighted by molar-refractivity contribution is 6.29. The second kappa shape index (κ2) is 9.09. The molecule has 4 aromatic rings. The number of nitrogens with zero attached hydrogens (tertiary/aromatic N) is 1. The Hall–Kier alpha value is -3.99. The third-order valence-corrected chi connectivity index (χ3v) is 7.16. The average Bonchev–Trinajstić information content (AvgIpc) is 3.11. The Kier molecular flexibility index (Phi) is 6.13. The summed E-state index contributed by atoms with van der Waals surface area (Å²) in [4.78, 5) is 30.9. The van der Waals surface area contributed by atoms with Gasteiger partial charge in [0.15, 0.2) is 11.6 Å². The highest BCUT2D eigenvalue weighted by Gasteiger charge is 2.40. The van der Waals surface area contributed by atoms with Gasteiger partial charge in [0.2, 0.25) is 0 Å². The molecule has 0 unspecified atom stereocenters. The van der Waals surface area contributed by atoms with Crippen LogP contribution in [0.1, 0.15) is 90.6 Å². The lowest BCUT2D eigenvalue weighted by atomic mass is 9.78. The molecule has 1 heterocycles. The maximum Gasteiger partial charge on any atom is 0.180 e. The number of pyridine rings is 1. The number of ketones is 2. The number of ether oxygens (including phenoxy) is 1. The SMILES string of the molecule is CC(C)(C)c1cc(COc2cccc3ccc(C4C(=O)c5ccccc5C4=O)nc23)cc(C(C)(C)C)c1O. The van der Waals surface area contributed by atoms with Crippen LogP contribution in [-0.4, -0.2) is 21.7 Å². The van der Waals surface area contributed by atoms with E-state index >= 15 is 0 Å². The number of fused-ring (bicyclic) bond motifs is 2. The second-order valence-electron chi connectivity index (χ2n) is 12.1. The van der Waals surface area contributed by atoms with Gasteiger partial charge in [-0.25, -0.2) is 4.98 Å². The molecule has 5 rings (SSSR count). The fourth-order valence-corrected chi connectivity index (χ4v) is 5.11. The highest BCUT2D eigenvalue weighted by atomic mass is 16.5. The van der Waals surface area contributed by atoms with Gasteiger partial charge >= 0.3 is 0 Å². The average molecular weight is 508 g/mol. The summed E-state index contributed by atoms with van der Waals surface area (Å²) >= 11 is 0. The van der Waals surface area contributed by atoms with E-state index in [0.29, 0.717) is 33.8 Å². The summed E-state index contributed by atoms with van der Waals surface area (Å²) in [5, 5.41) is 11.9. The Balaban J connectivity index is 1.50. The molecular formula is C33H33NO4. The molecule has 0 atom stereocenters. The minimum atomic E-state index is -0.939. The van der Waals surface area contributed by atoms with Crippen molar-refractivity contribution in [1.29, 1.82) is 0 Å². The number of aromatic hydroxyl groups is 1. The van der Waals surface area contributed by atoms with E-state index < -0.39 is 5.92 Å². The predicted molar refractivity (Wildman–Crippen MR) is 149 cm³/mol. The molecule has 1 aromatic heterocycles. The zero-order valence-corrected chi connectivity index (χ0v) is 22.8. The summed E-state index contributed by atoms with van der Waals surface area (Å²) in [5.41, 5.74) is 4.14. The topological polar surface area (TPSA) is 76.5 Å². The van der Waals surface area contributed by atoms with Crippen LogP contribution >= 0.6 is 0 Å². The Morgan fingerprint density at radius 3 is 1.92 bits per heavy atom. The number of Topliss-reactive ketones (excluding diaryl/α,β-unsaturated/α-hetero) is 2. The molecule has 0 bridgehead atoms. The van der Waals surface area contributed by atoms with Gasteiger partial charge in [-0.3, -0.25) is 9.59 Å². The number of carbonyl (C=O) groups is 2. The molecule has 1 aliphatic rings. The molecule has 0 radical (unpaired) electrons. The summed E-state index contributed by atoms with van der Waals surface area (Å²) in [7, 11) is 0. The molecule has 0 saturated heterocycles. The minimum Gasteiger partial charge on any atom is -0.507 e. The maximum atomic E-state index is 13.1. The Bertz CT molecular complexity index is 1520. The number of benzene rings is 3. The van der Waals surface area contributed by atoms with Crippen molar-refractivity contribution in [2.24, 2.45) is 0 Å². The van der Waals surface area contributed by atoms with Gasteiger partial charge in [0.05, 0.1) is 5.69 Å². The number of phenolic OH excluding ortho intramolecular Hbond substituents is 1. The first-order valence-corrected chi connectivity index (χ1v) is 12.9. The summed E-state index contributed by atoms with van der Waals surface area (Å²) in [5.74, 6) is -0.473. The first-order valence-electron chi connectivity index (χ1n) is 12.9. The number of hydrogen-bond donors (Lipinski definition) is 1. The van der Waals surface area contributed by atoms with E-state index in [1.165, 1.54) is 0 Å². The summed E-state index contributed by atoms with van der Waals surface area (Å²) in [6, 6.07) is 20.2. The number of para-hydroxylation sites is 1. The number of hydrogen-bond acceptors (Lipinski definition) is 5. The van der Waals surface area contributed by atoms with Gasteiger partial charge in [0, 0.05) is 16.5 Å². The van der Waals surface area contributed by atoms with Crippen molar-refractivity contribution in [3.8, 4) is 11.5 Å². The Labute approximate surface area is 223 Å². The number of carbonyl (C=O) groups excluding carboxylic acids is 2. The fraction of sp³-hybridized carbons (Fsp3) is 0.303. The van der Waals surface area contributed by atoms with Gasteiger partial charge in [-0.15, -0.1) is 0 Å². The lowest BCUT2D eigenvalue weighted by Crippen LogP contribution is -2.18. The van der Waals surface area contributed by atoms with Crippen LogP contribution in [0, 0.1) is 0 Å². The van der Waals surface area contributed by atoms with Crippen molar-refractivity contribution < 1.29 is 19.4 Å². The molecular weight excluding hydrogens is 474 g/mol. The van der Waals surface area contributed by atoms with Gasteiger partial charge in [0.1, 0.15) is 29.5 Å². The molecule has 1 N–H and O–H groups in total. The van der Waals surface area contributed by atoms with Crippen LogP contribution in [-0.2, 0) is 17.4 Å². The van der Waals surface area contributed by atoms with Gasteiger partial charge in [-0.1, -0.05) is 84.0 Å². The molecule has 0 fully saturated rings. The second-order valence-corrected chi connectivity index (χ2v) is 12.1. The largest absolute Gasteiger partial charge is 0.507 e. The summed E-state index contributed by atoms with van der Waals surface area (Å²) in [6.07, 6.45) is 0. The lowest BCUT2D eigenvalue weighted by molar-refractivity contribution is 0.0888. The van der Waals surface area contributed by atoms with Crippen LogP contribution in [0.5, 0.6) is 11.5 Å². The van der Waals surface area contributed by atoms with Crippen molar-refractivity contribution in [2.75, 3.05) is 0 Å². The van der Waals surface area contributed by atoms with Crippen LogP contribution in [0.15, 0.2) is 66.7 Å². The fourth-order valence-electron chi connectivity index (χ4n) is 5.11. The molecule has 5 heteroatoms. The van der Waals surface area contributed by atoms with Crippen molar-refractivity contribution in [3.63, 3.8) is 0 Å².